The molecular weight excluding hydrogens is 320 g/mol. The van der Waals surface area contributed by atoms with E-state index >= 15 is 0 Å². The van der Waals surface area contributed by atoms with Crippen LogP contribution in [0.25, 0.3) is 6.08 Å². The van der Waals surface area contributed by atoms with Gasteiger partial charge in [-0.25, -0.2) is 4.79 Å². The molecule has 2 aliphatic heterocycles. The lowest BCUT2D eigenvalue weighted by Gasteiger charge is -2.02. The van der Waals surface area contributed by atoms with E-state index in [4.69, 9.17) is 14.6 Å². The summed E-state index contributed by atoms with van der Waals surface area (Å²) in [5.74, 6) is 0.660. The van der Waals surface area contributed by atoms with Gasteiger partial charge < -0.3 is 14.6 Å². The second-order valence-electron chi connectivity index (χ2n) is 5.66. The smallest absolute Gasteiger partial charge is 0.328 e. The van der Waals surface area contributed by atoms with E-state index in [1.807, 2.05) is 30.3 Å². The molecule has 0 saturated heterocycles. The maximum atomic E-state index is 10.5. The van der Waals surface area contributed by atoms with E-state index in [0.29, 0.717) is 18.8 Å². The van der Waals surface area contributed by atoms with Gasteiger partial charge in [-0.15, -0.1) is 0 Å². The fourth-order valence-corrected chi connectivity index (χ4v) is 2.87. The predicted molar refractivity (Wildman–Crippen MR) is 93.3 cm³/mol. The van der Waals surface area contributed by atoms with Crippen molar-refractivity contribution in [3.8, 4) is 11.5 Å². The van der Waals surface area contributed by atoms with Crippen molar-refractivity contribution in [2.45, 2.75) is 12.8 Å². The van der Waals surface area contributed by atoms with Crippen LogP contribution in [0.1, 0.15) is 27.0 Å². The Hall–Kier alpha value is -3.08. The minimum atomic E-state index is -0.944. The molecule has 2 aliphatic rings. The quantitative estimate of drug-likeness (QED) is 0.687. The molecule has 0 aliphatic carbocycles. The van der Waals surface area contributed by atoms with Gasteiger partial charge in [-0.3, -0.25) is 4.79 Å². The van der Waals surface area contributed by atoms with Gasteiger partial charge in [0.2, 0.25) is 0 Å². The molecule has 0 fully saturated rings. The number of aldehydes is 1. The second kappa shape index (κ2) is 7.66. The Balaban J connectivity index is 0.000000150. The van der Waals surface area contributed by atoms with E-state index in [1.54, 1.807) is 12.1 Å². The zero-order valence-corrected chi connectivity index (χ0v) is 13.6. The number of carboxylic acid groups (broad SMARTS) is 1. The van der Waals surface area contributed by atoms with Crippen LogP contribution >= 0.6 is 0 Å². The van der Waals surface area contributed by atoms with E-state index in [1.165, 1.54) is 0 Å². The average Bonchev–Trinajstić information content (AvgIpc) is 3.29. The van der Waals surface area contributed by atoms with Gasteiger partial charge in [0.05, 0.1) is 18.8 Å². The Morgan fingerprint density at radius 2 is 1.48 bits per heavy atom. The fourth-order valence-electron chi connectivity index (χ4n) is 2.87. The van der Waals surface area contributed by atoms with Crippen molar-refractivity contribution < 1.29 is 24.2 Å². The lowest BCUT2D eigenvalue weighted by Crippen LogP contribution is -1.89. The zero-order chi connectivity index (χ0) is 17.6. The molecule has 0 radical (unpaired) electrons. The molecule has 25 heavy (non-hydrogen) atoms. The van der Waals surface area contributed by atoms with Crippen LogP contribution in [0.15, 0.2) is 42.5 Å². The Labute approximate surface area is 145 Å². The van der Waals surface area contributed by atoms with Crippen molar-refractivity contribution >= 4 is 18.3 Å². The van der Waals surface area contributed by atoms with Gasteiger partial charge in [0.1, 0.15) is 11.5 Å². The minimum Gasteiger partial charge on any atom is -0.492 e. The number of fused-ring (bicyclic) bond motifs is 2. The SMILES string of the molecule is O=C(O)C=Cc1cccc2c1OCC2.O=Cc1cccc2c1OCC2. The van der Waals surface area contributed by atoms with Crippen LogP contribution in [0.5, 0.6) is 11.5 Å². The van der Waals surface area contributed by atoms with Crippen molar-refractivity contribution in [2.75, 3.05) is 13.2 Å². The maximum Gasteiger partial charge on any atom is 0.328 e. The molecule has 5 nitrogen and oxygen atoms in total. The van der Waals surface area contributed by atoms with Crippen LogP contribution in [0.4, 0.5) is 0 Å². The number of hydrogen-bond acceptors (Lipinski definition) is 4. The highest BCUT2D eigenvalue weighted by atomic mass is 16.5. The topological polar surface area (TPSA) is 72.8 Å². The molecular formula is C20H18O5. The standard InChI is InChI=1S/C11H10O3.C9H8O2/c12-10(13)5-4-8-2-1-3-9-6-7-14-11(8)9;10-6-8-3-1-2-7-4-5-11-9(7)8/h1-5H,6-7H2,(H,12,13);1-3,6H,4-5H2. The first-order valence-electron chi connectivity index (χ1n) is 8.04. The molecule has 2 heterocycles. The van der Waals surface area contributed by atoms with Gasteiger partial charge in [-0.05, 0) is 23.3 Å². The summed E-state index contributed by atoms with van der Waals surface area (Å²) in [4.78, 5) is 20.8. The third kappa shape index (κ3) is 3.88. The molecule has 0 aromatic heterocycles. The molecule has 5 heteroatoms. The summed E-state index contributed by atoms with van der Waals surface area (Å²) in [5.41, 5.74) is 3.80. The number of hydrogen-bond donors (Lipinski definition) is 1. The van der Waals surface area contributed by atoms with Crippen LogP contribution in [0.3, 0.4) is 0 Å². The molecule has 2 aromatic rings. The predicted octanol–water partition coefficient (Wildman–Crippen LogP) is 3.15. The van der Waals surface area contributed by atoms with Crippen molar-refractivity contribution in [3.05, 3.63) is 64.7 Å². The summed E-state index contributed by atoms with van der Waals surface area (Å²) in [6, 6.07) is 11.4. The second-order valence-corrected chi connectivity index (χ2v) is 5.66. The van der Waals surface area contributed by atoms with E-state index in [-0.39, 0.29) is 0 Å². The van der Waals surface area contributed by atoms with Gasteiger partial charge in [-0.1, -0.05) is 30.3 Å². The van der Waals surface area contributed by atoms with Crippen LogP contribution in [0, 0.1) is 0 Å². The van der Waals surface area contributed by atoms with Crippen molar-refractivity contribution in [2.24, 2.45) is 0 Å². The molecule has 0 saturated carbocycles. The molecule has 2 aromatic carbocycles. The molecule has 0 bridgehead atoms. The van der Waals surface area contributed by atoms with Crippen molar-refractivity contribution in [1.29, 1.82) is 0 Å². The zero-order valence-electron chi connectivity index (χ0n) is 13.6. The highest BCUT2D eigenvalue weighted by Crippen LogP contribution is 2.30. The molecule has 1 N–H and O–H groups in total. The number of rotatable bonds is 3. The average molecular weight is 338 g/mol. The number of para-hydroxylation sites is 2. The Morgan fingerprint density at radius 1 is 0.920 bits per heavy atom. The Morgan fingerprint density at radius 3 is 2.04 bits per heavy atom. The Bertz CT molecular complexity index is 823. The molecule has 0 amide bonds. The van der Waals surface area contributed by atoms with Gasteiger partial charge in [0.15, 0.2) is 6.29 Å². The Kier molecular flexibility index (Phi) is 5.14. The molecule has 128 valence electrons. The lowest BCUT2D eigenvalue weighted by molar-refractivity contribution is -0.131. The maximum absolute atomic E-state index is 10.5. The molecule has 0 atom stereocenters. The first-order chi connectivity index (χ1) is 12.2. The number of carboxylic acids is 1. The number of carbonyl (C=O) groups excluding carboxylic acids is 1. The van der Waals surface area contributed by atoms with Gasteiger partial charge in [0.25, 0.3) is 0 Å². The molecule has 0 unspecified atom stereocenters. The summed E-state index contributed by atoms with van der Waals surface area (Å²) >= 11 is 0. The summed E-state index contributed by atoms with van der Waals surface area (Å²) in [6.45, 7) is 1.40. The van der Waals surface area contributed by atoms with Crippen molar-refractivity contribution in [1.82, 2.24) is 0 Å². The van der Waals surface area contributed by atoms with E-state index in [0.717, 1.165) is 53.4 Å². The summed E-state index contributed by atoms with van der Waals surface area (Å²) < 4.78 is 10.7. The fraction of sp³-hybridized carbons (Fsp3) is 0.200. The summed E-state index contributed by atoms with van der Waals surface area (Å²) in [5, 5.41) is 8.50. The number of aliphatic carboxylic acids is 1. The minimum absolute atomic E-state index is 0.667. The molecule has 4 rings (SSSR count). The van der Waals surface area contributed by atoms with Crippen LogP contribution in [-0.4, -0.2) is 30.6 Å². The van der Waals surface area contributed by atoms with Crippen LogP contribution < -0.4 is 9.47 Å². The van der Waals surface area contributed by atoms with E-state index in [2.05, 4.69) is 0 Å². The number of ether oxygens (including phenoxy) is 2. The third-order valence-electron chi connectivity index (χ3n) is 4.02. The highest BCUT2D eigenvalue weighted by molar-refractivity contribution is 5.86. The van der Waals surface area contributed by atoms with Gasteiger partial charge in [-0.2, -0.15) is 0 Å². The van der Waals surface area contributed by atoms with Gasteiger partial charge >= 0.3 is 5.97 Å². The largest absolute Gasteiger partial charge is 0.492 e. The van der Waals surface area contributed by atoms with Crippen molar-refractivity contribution in [3.63, 3.8) is 0 Å². The summed E-state index contributed by atoms with van der Waals surface area (Å²) in [6.07, 6.45) is 5.36. The van der Waals surface area contributed by atoms with Gasteiger partial charge in [0, 0.05) is 24.5 Å². The van der Waals surface area contributed by atoms with Crippen LogP contribution in [0.2, 0.25) is 0 Å². The first-order valence-corrected chi connectivity index (χ1v) is 8.04. The summed E-state index contributed by atoms with van der Waals surface area (Å²) in [7, 11) is 0. The third-order valence-corrected chi connectivity index (χ3v) is 4.02. The lowest BCUT2D eigenvalue weighted by atomic mass is 10.1. The van der Waals surface area contributed by atoms with E-state index < -0.39 is 5.97 Å². The number of benzene rings is 2. The van der Waals surface area contributed by atoms with E-state index in [9.17, 15) is 9.59 Å². The number of carbonyl (C=O) groups is 2. The highest BCUT2D eigenvalue weighted by Gasteiger charge is 2.15. The normalized spacial score (nSPS) is 13.9. The first kappa shape index (κ1) is 16.8. The van der Waals surface area contributed by atoms with Crippen LogP contribution in [-0.2, 0) is 17.6 Å². The molecule has 0 spiro atoms. The monoisotopic (exact) mass is 338 g/mol.